The van der Waals surface area contributed by atoms with Gasteiger partial charge in [-0.2, -0.15) is 5.10 Å². The van der Waals surface area contributed by atoms with Crippen molar-refractivity contribution >= 4 is 23.4 Å². The lowest BCUT2D eigenvalue weighted by atomic mass is 9.73. The van der Waals surface area contributed by atoms with E-state index < -0.39 is 5.41 Å². The number of hydrogen-bond acceptors (Lipinski definition) is 4. The molecule has 2 aromatic rings. The Morgan fingerprint density at radius 3 is 2.67 bits per heavy atom. The molecule has 1 spiro atoms. The van der Waals surface area contributed by atoms with Crippen LogP contribution in [0.2, 0.25) is 5.02 Å². The highest BCUT2D eigenvalue weighted by Crippen LogP contribution is 2.39. The lowest BCUT2D eigenvalue weighted by molar-refractivity contribution is -0.144. The number of para-hydroxylation sites is 1. The average Bonchev–Trinajstić information content (AvgIpc) is 3.21. The van der Waals surface area contributed by atoms with Crippen molar-refractivity contribution in [3.8, 4) is 5.75 Å². The van der Waals surface area contributed by atoms with Crippen molar-refractivity contribution in [1.82, 2.24) is 19.6 Å². The summed E-state index contributed by atoms with van der Waals surface area (Å²) in [7, 11) is 1.86. The number of halogens is 1. The predicted octanol–water partition coefficient (Wildman–Crippen LogP) is 4.04. The first-order valence-corrected chi connectivity index (χ1v) is 12.3. The van der Waals surface area contributed by atoms with Gasteiger partial charge in [-0.15, -0.1) is 0 Å². The van der Waals surface area contributed by atoms with Crippen LogP contribution >= 0.6 is 11.6 Å². The fourth-order valence-electron chi connectivity index (χ4n) is 5.10. The molecule has 2 aliphatic heterocycles. The molecule has 2 aliphatic rings. The molecule has 7 nitrogen and oxygen atoms in total. The van der Waals surface area contributed by atoms with Gasteiger partial charge in [0, 0.05) is 26.7 Å². The number of carbonyl (C=O) groups excluding carboxylic acids is 2. The molecular weight excluding hydrogens is 440 g/mol. The molecule has 0 N–H and O–H groups in total. The quantitative estimate of drug-likeness (QED) is 0.661. The number of aromatic nitrogens is 2. The number of rotatable bonds is 2. The van der Waals surface area contributed by atoms with Gasteiger partial charge in [-0.05, 0) is 50.7 Å². The van der Waals surface area contributed by atoms with E-state index in [0.717, 1.165) is 31.4 Å². The summed E-state index contributed by atoms with van der Waals surface area (Å²) in [6.45, 7) is 4.63. The molecule has 1 aromatic carbocycles. The molecule has 2 amide bonds. The third-order valence-corrected chi connectivity index (χ3v) is 7.39. The summed E-state index contributed by atoms with van der Waals surface area (Å²) < 4.78 is 7.65. The zero-order chi connectivity index (χ0) is 23.4. The molecule has 8 heteroatoms. The van der Waals surface area contributed by atoms with Crippen LogP contribution in [0.1, 0.15) is 55.1 Å². The molecule has 0 aliphatic carbocycles. The summed E-state index contributed by atoms with van der Waals surface area (Å²) in [4.78, 5) is 30.4. The Kier molecular flexibility index (Phi) is 7.27. The number of likely N-dealkylation sites (N-methyl/N-ethyl adjacent to an activating group) is 1. The van der Waals surface area contributed by atoms with Crippen molar-refractivity contribution in [3.63, 3.8) is 0 Å². The van der Waals surface area contributed by atoms with Crippen molar-refractivity contribution in [1.29, 1.82) is 0 Å². The second kappa shape index (κ2) is 10.2. The highest BCUT2D eigenvalue weighted by atomic mass is 35.5. The SMILES string of the molecule is CCn1ncc(Cl)c1C(=O)N1CCC2(CCCCc3ccccc3OCCN(C)C2=O)CC1. The number of amides is 2. The van der Waals surface area contributed by atoms with E-state index in [4.69, 9.17) is 16.3 Å². The second-order valence-corrected chi connectivity index (χ2v) is 9.53. The highest BCUT2D eigenvalue weighted by Gasteiger charge is 2.43. The Morgan fingerprint density at radius 2 is 1.91 bits per heavy atom. The molecule has 4 rings (SSSR count). The molecule has 0 atom stereocenters. The Balaban J connectivity index is 1.47. The van der Waals surface area contributed by atoms with Gasteiger partial charge in [0.2, 0.25) is 5.91 Å². The molecule has 3 heterocycles. The average molecular weight is 473 g/mol. The normalized spacial score (nSPS) is 19.4. The number of carbonyl (C=O) groups is 2. The van der Waals surface area contributed by atoms with E-state index in [1.165, 1.54) is 11.8 Å². The van der Waals surface area contributed by atoms with Crippen LogP contribution in [0, 0.1) is 5.41 Å². The van der Waals surface area contributed by atoms with Crippen LogP contribution < -0.4 is 4.74 Å². The lowest BCUT2D eigenvalue weighted by Crippen LogP contribution is -2.51. The van der Waals surface area contributed by atoms with Gasteiger partial charge < -0.3 is 14.5 Å². The molecular formula is C25H33ClN4O3. The summed E-state index contributed by atoms with van der Waals surface area (Å²) in [6.07, 6.45) is 6.61. The minimum atomic E-state index is -0.432. The monoisotopic (exact) mass is 472 g/mol. The minimum absolute atomic E-state index is 0.104. The maximum atomic E-state index is 13.6. The van der Waals surface area contributed by atoms with Gasteiger partial charge in [0.1, 0.15) is 18.1 Å². The van der Waals surface area contributed by atoms with E-state index >= 15 is 0 Å². The van der Waals surface area contributed by atoms with Crippen LogP contribution in [0.15, 0.2) is 30.5 Å². The summed E-state index contributed by atoms with van der Waals surface area (Å²) in [5, 5.41) is 4.57. The number of ether oxygens (including phenoxy) is 1. The Bertz CT molecular complexity index is 997. The standard InChI is InChI=1S/C25H33ClN4O3/c1-3-30-22(20(26)18-27-30)23(31)29-14-12-25(13-15-29)11-7-6-9-19-8-4-5-10-21(19)33-17-16-28(2)24(25)32/h4-5,8,10,18H,3,6-7,9,11-17H2,1-2H3. The zero-order valence-electron chi connectivity index (χ0n) is 19.6. The summed E-state index contributed by atoms with van der Waals surface area (Å²) in [5.74, 6) is 0.988. The Hall–Kier alpha value is -2.54. The van der Waals surface area contributed by atoms with Crippen LogP contribution in [0.4, 0.5) is 0 Å². The van der Waals surface area contributed by atoms with Crippen LogP contribution in [0.5, 0.6) is 5.75 Å². The molecule has 0 bridgehead atoms. The van der Waals surface area contributed by atoms with E-state index in [1.54, 1.807) is 4.68 Å². The van der Waals surface area contributed by atoms with Crippen molar-refractivity contribution in [2.75, 3.05) is 33.3 Å². The van der Waals surface area contributed by atoms with Gasteiger partial charge in [0.05, 0.1) is 23.2 Å². The molecule has 0 radical (unpaired) electrons. The first-order chi connectivity index (χ1) is 15.9. The molecule has 1 saturated heterocycles. The number of fused-ring (bicyclic) bond motifs is 1. The first-order valence-electron chi connectivity index (χ1n) is 11.9. The summed E-state index contributed by atoms with van der Waals surface area (Å²) >= 11 is 6.26. The summed E-state index contributed by atoms with van der Waals surface area (Å²) in [6, 6.07) is 8.18. The third kappa shape index (κ3) is 4.88. The number of benzene rings is 1. The first kappa shape index (κ1) is 23.6. The van der Waals surface area contributed by atoms with Crippen molar-refractivity contribution in [2.24, 2.45) is 5.41 Å². The highest BCUT2D eigenvalue weighted by molar-refractivity contribution is 6.33. The number of piperidine rings is 1. The number of nitrogens with zero attached hydrogens (tertiary/aromatic N) is 4. The smallest absolute Gasteiger partial charge is 0.273 e. The molecule has 0 saturated carbocycles. The molecule has 178 valence electrons. The lowest BCUT2D eigenvalue weighted by Gasteiger charge is -2.43. The van der Waals surface area contributed by atoms with E-state index in [0.29, 0.717) is 56.3 Å². The maximum absolute atomic E-state index is 13.6. The van der Waals surface area contributed by atoms with Crippen molar-refractivity contribution < 1.29 is 14.3 Å². The number of aryl methyl sites for hydroxylation is 2. The van der Waals surface area contributed by atoms with Gasteiger partial charge in [-0.3, -0.25) is 14.3 Å². The van der Waals surface area contributed by atoms with Crippen LogP contribution in [-0.2, 0) is 17.8 Å². The van der Waals surface area contributed by atoms with E-state index in [1.807, 2.05) is 35.9 Å². The van der Waals surface area contributed by atoms with Crippen LogP contribution in [0.25, 0.3) is 0 Å². The molecule has 1 fully saturated rings. The van der Waals surface area contributed by atoms with E-state index in [2.05, 4.69) is 17.2 Å². The van der Waals surface area contributed by atoms with Gasteiger partial charge in [0.15, 0.2) is 0 Å². The van der Waals surface area contributed by atoms with Gasteiger partial charge in [0.25, 0.3) is 5.91 Å². The van der Waals surface area contributed by atoms with Crippen LogP contribution in [-0.4, -0.2) is 64.7 Å². The van der Waals surface area contributed by atoms with Crippen LogP contribution in [0.3, 0.4) is 0 Å². The number of hydrogen-bond donors (Lipinski definition) is 0. The fraction of sp³-hybridized carbons (Fsp3) is 0.560. The molecule has 1 aromatic heterocycles. The second-order valence-electron chi connectivity index (χ2n) is 9.12. The minimum Gasteiger partial charge on any atom is -0.491 e. The van der Waals surface area contributed by atoms with Crippen molar-refractivity contribution in [2.45, 2.75) is 52.0 Å². The fourth-order valence-corrected chi connectivity index (χ4v) is 5.32. The number of likely N-dealkylation sites (tertiary alicyclic amines) is 1. The largest absolute Gasteiger partial charge is 0.491 e. The Labute approximate surface area is 200 Å². The van der Waals surface area contributed by atoms with E-state index in [9.17, 15) is 9.59 Å². The molecule has 0 unspecified atom stereocenters. The van der Waals surface area contributed by atoms with Crippen molar-refractivity contribution in [3.05, 3.63) is 46.7 Å². The van der Waals surface area contributed by atoms with Gasteiger partial charge >= 0.3 is 0 Å². The Morgan fingerprint density at radius 1 is 1.15 bits per heavy atom. The van der Waals surface area contributed by atoms with Gasteiger partial charge in [-0.1, -0.05) is 36.2 Å². The van der Waals surface area contributed by atoms with E-state index in [-0.39, 0.29) is 11.8 Å². The summed E-state index contributed by atoms with van der Waals surface area (Å²) in [5.41, 5.74) is 1.23. The third-order valence-electron chi connectivity index (χ3n) is 7.11. The van der Waals surface area contributed by atoms with Gasteiger partial charge in [-0.25, -0.2) is 0 Å². The predicted molar refractivity (Wildman–Crippen MR) is 128 cm³/mol. The molecule has 33 heavy (non-hydrogen) atoms. The maximum Gasteiger partial charge on any atom is 0.273 e. The zero-order valence-corrected chi connectivity index (χ0v) is 20.3. The topological polar surface area (TPSA) is 67.7 Å².